The van der Waals surface area contributed by atoms with Crippen LogP contribution in [0.5, 0.6) is 5.75 Å². The molecule has 5 aromatic rings. The number of aromatic nitrogens is 2. The minimum atomic E-state index is -0.264. The summed E-state index contributed by atoms with van der Waals surface area (Å²) in [5, 5.41) is 13.3. The summed E-state index contributed by atoms with van der Waals surface area (Å²) < 4.78 is 5.67. The molecule has 2 N–H and O–H groups in total. The quantitative estimate of drug-likeness (QED) is 0.410. The number of hydrogen-bond donors (Lipinski definition) is 2. The molecule has 0 saturated heterocycles. The van der Waals surface area contributed by atoms with E-state index in [1.165, 1.54) is 6.07 Å². The van der Waals surface area contributed by atoms with Crippen LogP contribution in [-0.2, 0) is 0 Å². The van der Waals surface area contributed by atoms with Crippen LogP contribution in [-0.4, -0.2) is 21.0 Å². The third-order valence-electron chi connectivity index (χ3n) is 4.93. The van der Waals surface area contributed by atoms with Gasteiger partial charge in [0, 0.05) is 29.6 Å². The maximum absolute atomic E-state index is 12.6. The molecule has 2 aromatic heterocycles. The molecule has 6 heteroatoms. The highest BCUT2D eigenvalue weighted by atomic mass is 16.3. The first-order valence-electron chi connectivity index (χ1n) is 9.68. The predicted octanol–water partition coefficient (Wildman–Crippen LogP) is 5.51. The number of rotatable bonds is 4. The van der Waals surface area contributed by atoms with Gasteiger partial charge in [-0.2, -0.15) is 0 Å². The van der Waals surface area contributed by atoms with E-state index >= 15 is 0 Å². The number of nitrogens with zero attached hydrogens (tertiary/aromatic N) is 2. The maximum atomic E-state index is 12.6. The Bertz CT molecular complexity index is 1340. The molecular formula is C25H17N3O3. The number of benzene rings is 3. The number of carbonyl (C=O) groups is 1. The molecule has 31 heavy (non-hydrogen) atoms. The van der Waals surface area contributed by atoms with Gasteiger partial charge in [-0.1, -0.05) is 42.5 Å². The minimum Gasteiger partial charge on any atom is -0.507 e. The van der Waals surface area contributed by atoms with Crippen LogP contribution < -0.4 is 5.32 Å². The molecule has 6 nitrogen and oxygen atoms in total. The Kier molecular flexibility index (Phi) is 4.65. The Morgan fingerprint density at radius 2 is 1.68 bits per heavy atom. The third kappa shape index (κ3) is 3.74. The van der Waals surface area contributed by atoms with E-state index in [1.54, 1.807) is 42.7 Å². The molecule has 2 heterocycles. The van der Waals surface area contributed by atoms with Gasteiger partial charge in [0.25, 0.3) is 5.91 Å². The number of nitrogens with one attached hydrogen (secondary N) is 1. The second-order valence-electron chi connectivity index (χ2n) is 6.99. The number of hydrogen-bond acceptors (Lipinski definition) is 5. The highest BCUT2D eigenvalue weighted by Crippen LogP contribution is 2.33. The SMILES string of the molecule is O=C(Nc1ccc(-c2nc3cnccc3o2)c(O)c1)c1ccc(-c2ccccc2)cc1. The van der Waals surface area contributed by atoms with Crippen molar-refractivity contribution in [1.29, 1.82) is 0 Å². The molecule has 0 fully saturated rings. The number of carbonyl (C=O) groups excluding carboxylic acids is 1. The van der Waals surface area contributed by atoms with Gasteiger partial charge in [-0.3, -0.25) is 9.78 Å². The molecule has 0 bridgehead atoms. The fourth-order valence-electron chi connectivity index (χ4n) is 3.33. The van der Waals surface area contributed by atoms with Crippen LogP contribution in [0.2, 0.25) is 0 Å². The van der Waals surface area contributed by atoms with Gasteiger partial charge < -0.3 is 14.8 Å². The van der Waals surface area contributed by atoms with Crippen LogP contribution in [0.1, 0.15) is 10.4 Å². The third-order valence-corrected chi connectivity index (χ3v) is 4.93. The van der Waals surface area contributed by atoms with E-state index in [-0.39, 0.29) is 17.5 Å². The highest BCUT2D eigenvalue weighted by molar-refractivity contribution is 6.04. The molecule has 0 saturated carbocycles. The van der Waals surface area contributed by atoms with Gasteiger partial charge in [-0.05, 0) is 35.4 Å². The number of fused-ring (bicyclic) bond motifs is 1. The van der Waals surface area contributed by atoms with E-state index in [4.69, 9.17) is 4.42 Å². The number of pyridine rings is 1. The van der Waals surface area contributed by atoms with E-state index < -0.39 is 0 Å². The Balaban J connectivity index is 1.34. The molecule has 150 valence electrons. The van der Waals surface area contributed by atoms with Crippen LogP contribution in [0, 0.1) is 0 Å². The lowest BCUT2D eigenvalue weighted by atomic mass is 10.0. The number of amides is 1. The Morgan fingerprint density at radius 3 is 2.42 bits per heavy atom. The van der Waals surface area contributed by atoms with Gasteiger partial charge in [-0.15, -0.1) is 0 Å². The second kappa shape index (κ2) is 7.76. The lowest BCUT2D eigenvalue weighted by Crippen LogP contribution is -2.11. The smallest absolute Gasteiger partial charge is 0.255 e. The van der Waals surface area contributed by atoms with Crippen molar-refractivity contribution in [2.45, 2.75) is 0 Å². The average molecular weight is 407 g/mol. The molecule has 0 aliphatic heterocycles. The molecule has 0 spiro atoms. The summed E-state index contributed by atoms with van der Waals surface area (Å²) in [5.74, 6) is -0.0219. The zero-order chi connectivity index (χ0) is 21.2. The Morgan fingerprint density at radius 1 is 0.903 bits per heavy atom. The predicted molar refractivity (Wildman–Crippen MR) is 119 cm³/mol. The van der Waals surface area contributed by atoms with E-state index in [0.29, 0.717) is 27.9 Å². The summed E-state index contributed by atoms with van der Waals surface area (Å²) in [4.78, 5) is 21.0. The molecule has 3 aromatic carbocycles. The minimum absolute atomic E-state index is 0.0447. The first-order chi connectivity index (χ1) is 15.2. The maximum Gasteiger partial charge on any atom is 0.255 e. The Hall–Kier alpha value is -4.45. The van der Waals surface area contributed by atoms with Crippen molar-refractivity contribution < 1.29 is 14.3 Å². The molecule has 0 aliphatic carbocycles. The monoisotopic (exact) mass is 407 g/mol. The normalized spacial score (nSPS) is 10.8. The lowest BCUT2D eigenvalue weighted by Gasteiger charge is -2.08. The largest absolute Gasteiger partial charge is 0.507 e. The standard InChI is InChI=1S/C25H17N3O3/c29-22-14-19(10-11-20(22)25-28-21-15-26-13-12-23(21)31-25)27-24(30)18-8-6-17(7-9-18)16-4-2-1-3-5-16/h1-15,29H,(H,27,30). The first kappa shape index (κ1) is 18.6. The van der Waals surface area contributed by atoms with E-state index in [9.17, 15) is 9.90 Å². The van der Waals surface area contributed by atoms with Gasteiger partial charge in [0.15, 0.2) is 5.58 Å². The van der Waals surface area contributed by atoms with E-state index in [1.807, 2.05) is 42.5 Å². The topological polar surface area (TPSA) is 88.3 Å². The summed E-state index contributed by atoms with van der Waals surface area (Å²) in [5.41, 5.74) is 4.74. The molecule has 5 rings (SSSR count). The van der Waals surface area contributed by atoms with Crippen molar-refractivity contribution in [2.24, 2.45) is 0 Å². The fourth-order valence-corrected chi connectivity index (χ4v) is 3.33. The summed E-state index contributed by atoms with van der Waals surface area (Å²) >= 11 is 0. The summed E-state index contributed by atoms with van der Waals surface area (Å²) in [6, 6.07) is 23.9. The van der Waals surface area contributed by atoms with E-state index in [2.05, 4.69) is 15.3 Å². The number of phenols is 1. The van der Waals surface area contributed by atoms with Crippen molar-refractivity contribution in [3.05, 3.63) is 96.8 Å². The number of oxazole rings is 1. The number of anilines is 1. The molecule has 1 amide bonds. The molecule has 0 atom stereocenters. The van der Waals surface area contributed by atoms with Crippen molar-refractivity contribution in [3.63, 3.8) is 0 Å². The molecular weight excluding hydrogens is 390 g/mol. The van der Waals surface area contributed by atoms with Gasteiger partial charge >= 0.3 is 0 Å². The summed E-state index contributed by atoms with van der Waals surface area (Å²) in [6.45, 7) is 0. The van der Waals surface area contributed by atoms with E-state index in [0.717, 1.165) is 11.1 Å². The first-order valence-corrected chi connectivity index (χ1v) is 9.68. The summed E-state index contributed by atoms with van der Waals surface area (Å²) in [7, 11) is 0. The van der Waals surface area contributed by atoms with Crippen molar-refractivity contribution in [3.8, 4) is 28.3 Å². The molecule has 0 unspecified atom stereocenters. The van der Waals surface area contributed by atoms with Gasteiger partial charge in [-0.25, -0.2) is 4.98 Å². The van der Waals surface area contributed by atoms with Gasteiger partial charge in [0.2, 0.25) is 5.89 Å². The Labute approximate surface area is 177 Å². The van der Waals surface area contributed by atoms with Crippen LogP contribution >= 0.6 is 0 Å². The van der Waals surface area contributed by atoms with Crippen molar-refractivity contribution in [1.82, 2.24) is 9.97 Å². The van der Waals surface area contributed by atoms with Crippen LogP contribution in [0.15, 0.2) is 95.7 Å². The zero-order valence-corrected chi connectivity index (χ0v) is 16.3. The lowest BCUT2D eigenvalue weighted by molar-refractivity contribution is 0.102. The van der Waals surface area contributed by atoms with Crippen molar-refractivity contribution >= 4 is 22.7 Å². The zero-order valence-electron chi connectivity index (χ0n) is 16.3. The summed E-state index contributed by atoms with van der Waals surface area (Å²) in [6.07, 6.45) is 3.21. The van der Waals surface area contributed by atoms with Crippen molar-refractivity contribution in [2.75, 3.05) is 5.32 Å². The molecule has 0 aliphatic rings. The number of phenolic OH excluding ortho intramolecular Hbond substituents is 1. The van der Waals surface area contributed by atoms with Crippen LogP contribution in [0.3, 0.4) is 0 Å². The van der Waals surface area contributed by atoms with Crippen LogP contribution in [0.4, 0.5) is 5.69 Å². The fraction of sp³-hybridized carbons (Fsp3) is 0. The average Bonchev–Trinajstić information content (AvgIpc) is 3.24. The van der Waals surface area contributed by atoms with Crippen LogP contribution in [0.25, 0.3) is 33.7 Å². The van der Waals surface area contributed by atoms with Gasteiger partial charge in [0.1, 0.15) is 11.3 Å². The van der Waals surface area contributed by atoms with Gasteiger partial charge in [0.05, 0.1) is 11.8 Å². The molecule has 0 radical (unpaired) electrons. The highest BCUT2D eigenvalue weighted by Gasteiger charge is 2.14. The number of aromatic hydroxyl groups is 1. The second-order valence-corrected chi connectivity index (χ2v) is 6.99.